The molecule has 1 N–H and O–H groups in total. The molecule has 0 saturated heterocycles. The maximum Gasteiger partial charge on any atom is 0.332 e. The van der Waals surface area contributed by atoms with Crippen molar-refractivity contribution in [2.75, 3.05) is 5.43 Å². The number of hydrogen-bond donors (Lipinski definition) is 1. The standard InChI is InChI=1S/C22H22N6O3/c1-26-18-19(27(2)22(30)28(3)20(18)29)24-21(26)25-23-13-15-9-11-17(12-10-15)31-14-16-7-5-4-6-8-16/h4-13H,14H2,1-3H3,(H,24,25)/b23-13-. The third-order valence-corrected chi connectivity index (χ3v) is 4.98. The van der Waals surface area contributed by atoms with Crippen LogP contribution in [0.15, 0.2) is 69.3 Å². The lowest BCUT2D eigenvalue weighted by Crippen LogP contribution is -2.37. The molecule has 0 aliphatic carbocycles. The van der Waals surface area contributed by atoms with Gasteiger partial charge in [-0.3, -0.25) is 13.9 Å². The van der Waals surface area contributed by atoms with Gasteiger partial charge in [-0.2, -0.15) is 10.1 Å². The van der Waals surface area contributed by atoms with Crippen molar-refractivity contribution in [3.63, 3.8) is 0 Å². The fourth-order valence-electron chi connectivity index (χ4n) is 3.17. The van der Waals surface area contributed by atoms with Gasteiger partial charge in [0.2, 0.25) is 5.95 Å². The zero-order valence-electron chi connectivity index (χ0n) is 17.4. The molecule has 0 aliphatic rings. The lowest BCUT2D eigenvalue weighted by Gasteiger charge is -2.06. The van der Waals surface area contributed by atoms with Crippen molar-refractivity contribution in [3.05, 3.63) is 86.6 Å². The van der Waals surface area contributed by atoms with Crippen LogP contribution < -0.4 is 21.4 Å². The van der Waals surface area contributed by atoms with E-state index in [1.807, 2.05) is 54.6 Å². The minimum absolute atomic E-state index is 0.299. The first kappa shape index (κ1) is 20.1. The van der Waals surface area contributed by atoms with Crippen LogP contribution in [-0.2, 0) is 27.7 Å². The topological polar surface area (TPSA) is 95.4 Å². The van der Waals surface area contributed by atoms with Crippen molar-refractivity contribution in [1.82, 2.24) is 18.7 Å². The van der Waals surface area contributed by atoms with Crippen molar-refractivity contribution in [2.24, 2.45) is 26.2 Å². The Bertz CT molecular complexity index is 1370. The normalized spacial score (nSPS) is 11.3. The summed E-state index contributed by atoms with van der Waals surface area (Å²) in [5.74, 6) is 1.12. The van der Waals surface area contributed by atoms with Gasteiger partial charge >= 0.3 is 5.69 Å². The molecule has 0 amide bonds. The summed E-state index contributed by atoms with van der Waals surface area (Å²) in [6.45, 7) is 0.504. The van der Waals surface area contributed by atoms with Crippen molar-refractivity contribution in [2.45, 2.75) is 6.61 Å². The molecular weight excluding hydrogens is 396 g/mol. The molecule has 0 bridgehead atoms. The summed E-state index contributed by atoms with van der Waals surface area (Å²) in [6.07, 6.45) is 1.64. The quantitative estimate of drug-likeness (QED) is 0.382. The largest absolute Gasteiger partial charge is 0.489 e. The number of rotatable bonds is 6. The minimum Gasteiger partial charge on any atom is -0.489 e. The highest BCUT2D eigenvalue weighted by Gasteiger charge is 2.16. The van der Waals surface area contributed by atoms with Gasteiger partial charge in [-0.1, -0.05) is 30.3 Å². The summed E-state index contributed by atoms with van der Waals surface area (Å²) in [7, 11) is 4.71. The number of aryl methyl sites for hydroxylation is 2. The average Bonchev–Trinajstić information content (AvgIpc) is 3.13. The number of benzene rings is 2. The van der Waals surface area contributed by atoms with E-state index in [2.05, 4.69) is 15.5 Å². The first-order chi connectivity index (χ1) is 15.0. The number of hydrogen-bond acceptors (Lipinski definition) is 6. The first-order valence-corrected chi connectivity index (χ1v) is 9.64. The van der Waals surface area contributed by atoms with E-state index in [-0.39, 0.29) is 0 Å². The third kappa shape index (κ3) is 3.97. The minimum atomic E-state index is -0.430. The smallest absolute Gasteiger partial charge is 0.332 e. The Kier molecular flexibility index (Phi) is 5.40. The molecule has 0 spiro atoms. The number of nitrogens with one attached hydrogen (secondary N) is 1. The lowest BCUT2D eigenvalue weighted by atomic mass is 10.2. The number of ether oxygens (including phenoxy) is 1. The predicted molar refractivity (Wildman–Crippen MR) is 120 cm³/mol. The van der Waals surface area contributed by atoms with Gasteiger partial charge in [0.25, 0.3) is 5.56 Å². The molecule has 158 valence electrons. The van der Waals surface area contributed by atoms with Crippen molar-refractivity contribution in [3.8, 4) is 5.75 Å². The monoisotopic (exact) mass is 418 g/mol. The molecule has 2 heterocycles. The Labute approximate surface area is 177 Å². The second-order valence-electron chi connectivity index (χ2n) is 7.09. The number of anilines is 1. The number of aromatic nitrogens is 4. The summed E-state index contributed by atoms with van der Waals surface area (Å²) in [5.41, 5.74) is 4.58. The number of hydrazone groups is 1. The van der Waals surface area contributed by atoms with Gasteiger partial charge in [-0.15, -0.1) is 0 Å². The van der Waals surface area contributed by atoms with Gasteiger partial charge in [0.05, 0.1) is 6.21 Å². The highest BCUT2D eigenvalue weighted by atomic mass is 16.5. The SMILES string of the molecule is Cn1c(=O)c2c(nc(N/N=C\c3ccc(OCc4ccccc4)cc3)n2C)n(C)c1=O. The van der Waals surface area contributed by atoms with Crippen LogP contribution in [0, 0.1) is 0 Å². The number of fused-ring (bicyclic) bond motifs is 1. The Balaban J connectivity index is 1.46. The average molecular weight is 418 g/mol. The zero-order valence-corrected chi connectivity index (χ0v) is 17.4. The zero-order chi connectivity index (χ0) is 22.0. The summed E-state index contributed by atoms with van der Waals surface area (Å²) in [4.78, 5) is 28.9. The van der Waals surface area contributed by atoms with Gasteiger partial charge in [0.1, 0.15) is 12.4 Å². The number of nitrogens with zero attached hydrogens (tertiary/aromatic N) is 5. The van der Waals surface area contributed by atoms with Crippen LogP contribution >= 0.6 is 0 Å². The van der Waals surface area contributed by atoms with E-state index in [1.165, 1.54) is 11.6 Å². The third-order valence-electron chi connectivity index (χ3n) is 4.98. The van der Waals surface area contributed by atoms with E-state index in [9.17, 15) is 9.59 Å². The molecule has 4 rings (SSSR count). The molecule has 0 aliphatic heterocycles. The summed E-state index contributed by atoms with van der Waals surface area (Å²) in [5, 5.41) is 4.20. The second kappa shape index (κ2) is 8.31. The molecule has 4 aromatic rings. The molecule has 31 heavy (non-hydrogen) atoms. The van der Waals surface area contributed by atoms with E-state index >= 15 is 0 Å². The maximum atomic E-state index is 12.4. The van der Waals surface area contributed by atoms with Crippen molar-refractivity contribution < 1.29 is 4.74 Å². The van der Waals surface area contributed by atoms with Gasteiger partial charge in [0, 0.05) is 21.1 Å². The lowest BCUT2D eigenvalue weighted by molar-refractivity contribution is 0.306. The van der Waals surface area contributed by atoms with E-state index in [0.29, 0.717) is 23.7 Å². The Hall–Kier alpha value is -4.14. The summed E-state index contributed by atoms with van der Waals surface area (Å²) >= 11 is 0. The molecule has 2 aromatic carbocycles. The van der Waals surface area contributed by atoms with Crippen LogP contribution in [0.25, 0.3) is 11.2 Å². The van der Waals surface area contributed by atoms with Crippen molar-refractivity contribution >= 4 is 23.3 Å². The van der Waals surface area contributed by atoms with Crippen LogP contribution in [0.4, 0.5) is 5.95 Å². The molecule has 0 unspecified atom stereocenters. The fourth-order valence-corrected chi connectivity index (χ4v) is 3.17. The van der Waals surface area contributed by atoms with Crippen LogP contribution in [0.2, 0.25) is 0 Å². The molecular formula is C22H22N6O3. The number of imidazole rings is 1. The molecule has 9 nitrogen and oxygen atoms in total. The molecule has 0 saturated carbocycles. The van der Waals surface area contributed by atoms with Gasteiger partial charge < -0.3 is 9.30 Å². The van der Waals surface area contributed by atoms with E-state index in [1.54, 1.807) is 24.9 Å². The molecule has 0 fully saturated rings. The summed E-state index contributed by atoms with van der Waals surface area (Å²) in [6, 6.07) is 17.5. The molecule has 0 atom stereocenters. The van der Waals surface area contributed by atoms with Gasteiger partial charge in [0.15, 0.2) is 11.2 Å². The highest BCUT2D eigenvalue weighted by Crippen LogP contribution is 2.15. The molecule has 2 aromatic heterocycles. The van der Waals surface area contributed by atoms with E-state index in [4.69, 9.17) is 4.74 Å². The van der Waals surface area contributed by atoms with Gasteiger partial charge in [-0.05, 0) is 35.4 Å². The molecule has 0 radical (unpaired) electrons. The van der Waals surface area contributed by atoms with Gasteiger partial charge in [-0.25, -0.2) is 10.2 Å². The van der Waals surface area contributed by atoms with Crippen LogP contribution in [0.5, 0.6) is 5.75 Å². The van der Waals surface area contributed by atoms with E-state index in [0.717, 1.165) is 21.4 Å². The Morgan fingerprint density at radius 3 is 2.39 bits per heavy atom. The second-order valence-corrected chi connectivity index (χ2v) is 7.09. The van der Waals surface area contributed by atoms with E-state index < -0.39 is 11.2 Å². The Morgan fingerprint density at radius 1 is 0.968 bits per heavy atom. The van der Waals surface area contributed by atoms with Crippen molar-refractivity contribution in [1.29, 1.82) is 0 Å². The van der Waals surface area contributed by atoms with Crippen LogP contribution in [0.3, 0.4) is 0 Å². The molecule has 9 heteroatoms. The van der Waals surface area contributed by atoms with Crippen LogP contribution in [-0.4, -0.2) is 24.9 Å². The predicted octanol–water partition coefficient (Wildman–Crippen LogP) is 2.00. The fraction of sp³-hybridized carbons (Fsp3) is 0.182. The van der Waals surface area contributed by atoms with Crippen LogP contribution in [0.1, 0.15) is 11.1 Å². The highest BCUT2D eigenvalue weighted by molar-refractivity contribution is 5.80. The first-order valence-electron chi connectivity index (χ1n) is 9.64. The maximum absolute atomic E-state index is 12.4. The summed E-state index contributed by atoms with van der Waals surface area (Å²) < 4.78 is 9.74. The Morgan fingerprint density at radius 2 is 1.68 bits per heavy atom.